The topological polar surface area (TPSA) is 58.9 Å². The molecule has 0 aromatic heterocycles. The zero-order valence-corrected chi connectivity index (χ0v) is 10.8. The van der Waals surface area contributed by atoms with E-state index in [1.54, 1.807) is 12.2 Å². The molecule has 0 N–H and O–H groups in total. The molecule has 98 valence electrons. The van der Waals surface area contributed by atoms with Gasteiger partial charge in [0.1, 0.15) is 0 Å². The molecule has 18 heavy (non-hydrogen) atoms. The number of hydrogen-bond donors (Lipinski definition) is 0. The summed E-state index contributed by atoms with van der Waals surface area (Å²) in [6, 6.07) is 0. The van der Waals surface area contributed by atoms with Crippen LogP contribution in [0.5, 0.6) is 0 Å². The molecule has 0 radical (unpaired) electrons. The molecule has 0 bridgehead atoms. The van der Waals surface area contributed by atoms with Gasteiger partial charge in [-0.2, -0.15) is 0 Å². The van der Waals surface area contributed by atoms with Crippen LogP contribution in [0.15, 0.2) is 9.98 Å². The van der Waals surface area contributed by atoms with Crippen molar-refractivity contribution in [3.63, 3.8) is 0 Å². The van der Waals surface area contributed by atoms with Crippen molar-refractivity contribution in [1.29, 1.82) is 0 Å². The SMILES string of the molecule is O=C=NCC1(C2(CN=C=O)CCCC2)CCCC1. The summed E-state index contributed by atoms with van der Waals surface area (Å²) >= 11 is 0. The van der Waals surface area contributed by atoms with Crippen LogP contribution in [0.2, 0.25) is 0 Å². The van der Waals surface area contributed by atoms with E-state index >= 15 is 0 Å². The van der Waals surface area contributed by atoms with Crippen LogP contribution in [0.25, 0.3) is 0 Å². The van der Waals surface area contributed by atoms with Crippen molar-refractivity contribution in [3.05, 3.63) is 0 Å². The van der Waals surface area contributed by atoms with E-state index < -0.39 is 0 Å². The van der Waals surface area contributed by atoms with E-state index in [-0.39, 0.29) is 10.8 Å². The Morgan fingerprint density at radius 2 is 1.06 bits per heavy atom. The maximum atomic E-state index is 10.5. The van der Waals surface area contributed by atoms with Crippen LogP contribution in [0.3, 0.4) is 0 Å². The highest BCUT2D eigenvalue weighted by molar-refractivity contribution is 5.34. The fourth-order valence-corrected chi connectivity index (χ4v) is 4.18. The molecule has 4 heteroatoms. The van der Waals surface area contributed by atoms with Crippen molar-refractivity contribution < 1.29 is 9.59 Å². The minimum absolute atomic E-state index is 0.0707. The molecule has 0 spiro atoms. The number of hydrogen-bond acceptors (Lipinski definition) is 4. The second-order valence-corrected chi connectivity index (χ2v) is 5.79. The first-order valence-corrected chi connectivity index (χ1v) is 6.86. The standard InChI is InChI=1S/C14H20N2O2/c17-11-15-9-13(5-1-2-6-13)14(10-16-12-18)7-3-4-8-14/h1-10H2. The molecule has 0 aliphatic heterocycles. The number of aliphatic imine (C=N–C) groups is 2. The van der Waals surface area contributed by atoms with E-state index in [1.165, 1.54) is 25.7 Å². The Morgan fingerprint density at radius 3 is 1.33 bits per heavy atom. The minimum Gasteiger partial charge on any atom is -0.211 e. The number of rotatable bonds is 5. The smallest absolute Gasteiger partial charge is 0.211 e. The molecule has 0 saturated heterocycles. The predicted octanol–water partition coefficient (Wildman–Crippen LogP) is 2.78. The van der Waals surface area contributed by atoms with Crippen molar-refractivity contribution in [3.8, 4) is 0 Å². The third kappa shape index (κ3) is 2.19. The lowest BCUT2D eigenvalue weighted by Gasteiger charge is -2.45. The van der Waals surface area contributed by atoms with Gasteiger partial charge in [0.25, 0.3) is 0 Å². The summed E-state index contributed by atoms with van der Waals surface area (Å²) in [5.41, 5.74) is 0.141. The summed E-state index contributed by atoms with van der Waals surface area (Å²) in [7, 11) is 0. The zero-order valence-electron chi connectivity index (χ0n) is 10.8. The van der Waals surface area contributed by atoms with Gasteiger partial charge in [-0.05, 0) is 36.5 Å². The van der Waals surface area contributed by atoms with Gasteiger partial charge in [-0.25, -0.2) is 19.6 Å². The molecule has 0 heterocycles. The highest BCUT2D eigenvalue weighted by Crippen LogP contribution is 2.59. The van der Waals surface area contributed by atoms with Gasteiger partial charge in [0, 0.05) is 0 Å². The first-order chi connectivity index (χ1) is 8.79. The average Bonchev–Trinajstić information content (AvgIpc) is 3.04. The Hall–Kier alpha value is -1.24. The van der Waals surface area contributed by atoms with E-state index in [4.69, 9.17) is 0 Å². The van der Waals surface area contributed by atoms with Crippen molar-refractivity contribution in [2.24, 2.45) is 20.8 Å². The maximum absolute atomic E-state index is 10.5. The summed E-state index contributed by atoms with van der Waals surface area (Å²) in [5.74, 6) is 0. The first kappa shape index (κ1) is 13.2. The van der Waals surface area contributed by atoms with E-state index in [0.29, 0.717) is 13.1 Å². The van der Waals surface area contributed by atoms with Crippen molar-refractivity contribution >= 4 is 12.2 Å². The first-order valence-electron chi connectivity index (χ1n) is 6.86. The summed E-state index contributed by atoms with van der Waals surface area (Å²) in [6.45, 7) is 1.12. The quantitative estimate of drug-likeness (QED) is 0.555. The Morgan fingerprint density at radius 1 is 0.722 bits per heavy atom. The fourth-order valence-electron chi connectivity index (χ4n) is 4.18. The van der Waals surface area contributed by atoms with Gasteiger partial charge >= 0.3 is 0 Å². The largest absolute Gasteiger partial charge is 0.234 e. The fraction of sp³-hybridized carbons (Fsp3) is 0.857. The highest BCUT2D eigenvalue weighted by Gasteiger charge is 2.53. The summed E-state index contributed by atoms with van der Waals surface area (Å²) in [5, 5.41) is 0. The van der Waals surface area contributed by atoms with Crippen LogP contribution in [0, 0.1) is 10.8 Å². The molecule has 2 aliphatic rings. The molecule has 0 atom stereocenters. The third-order valence-corrected chi connectivity index (χ3v) is 5.14. The van der Waals surface area contributed by atoms with Crippen molar-refractivity contribution in [2.75, 3.05) is 13.1 Å². The van der Waals surface area contributed by atoms with E-state index in [0.717, 1.165) is 25.7 Å². The van der Waals surface area contributed by atoms with Gasteiger partial charge < -0.3 is 0 Å². The van der Waals surface area contributed by atoms with Crippen LogP contribution >= 0.6 is 0 Å². The van der Waals surface area contributed by atoms with Gasteiger partial charge in [0.2, 0.25) is 12.2 Å². The Bertz CT molecular complexity index is 343. The van der Waals surface area contributed by atoms with Gasteiger partial charge in [-0.3, -0.25) is 0 Å². The third-order valence-electron chi connectivity index (χ3n) is 5.14. The molecular formula is C14H20N2O2. The van der Waals surface area contributed by atoms with Crippen LogP contribution < -0.4 is 0 Å². The summed E-state index contributed by atoms with van der Waals surface area (Å²) in [4.78, 5) is 28.7. The number of nitrogens with zero attached hydrogens (tertiary/aromatic N) is 2. The monoisotopic (exact) mass is 248 g/mol. The lowest BCUT2D eigenvalue weighted by Crippen LogP contribution is -2.43. The average molecular weight is 248 g/mol. The van der Waals surface area contributed by atoms with E-state index in [1.807, 2.05) is 0 Å². The van der Waals surface area contributed by atoms with Crippen LogP contribution in [0.4, 0.5) is 0 Å². The molecule has 0 amide bonds. The molecule has 0 aromatic carbocycles. The molecule has 0 unspecified atom stereocenters. The van der Waals surface area contributed by atoms with E-state index in [2.05, 4.69) is 9.98 Å². The molecular weight excluding hydrogens is 228 g/mol. The molecule has 4 nitrogen and oxygen atoms in total. The molecule has 2 saturated carbocycles. The molecule has 2 fully saturated rings. The minimum atomic E-state index is 0.0707. The number of isocyanates is 2. The summed E-state index contributed by atoms with van der Waals surface area (Å²) in [6.07, 6.45) is 12.6. The summed E-state index contributed by atoms with van der Waals surface area (Å²) < 4.78 is 0. The van der Waals surface area contributed by atoms with E-state index in [9.17, 15) is 9.59 Å². The van der Waals surface area contributed by atoms with Crippen molar-refractivity contribution in [1.82, 2.24) is 0 Å². The highest BCUT2D eigenvalue weighted by atomic mass is 16.1. The van der Waals surface area contributed by atoms with Crippen LogP contribution in [0.1, 0.15) is 51.4 Å². The van der Waals surface area contributed by atoms with Crippen LogP contribution in [-0.4, -0.2) is 25.2 Å². The molecule has 2 aliphatic carbocycles. The Kier molecular flexibility index (Phi) is 4.11. The maximum Gasteiger partial charge on any atom is 0.234 e. The van der Waals surface area contributed by atoms with Crippen LogP contribution in [-0.2, 0) is 9.59 Å². The van der Waals surface area contributed by atoms with Gasteiger partial charge in [-0.1, -0.05) is 25.7 Å². The second kappa shape index (κ2) is 5.60. The zero-order chi connectivity index (χ0) is 12.9. The lowest BCUT2D eigenvalue weighted by molar-refractivity contribution is 0.0609. The van der Waals surface area contributed by atoms with Gasteiger partial charge in [0.05, 0.1) is 13.1 Å². The Labute approximate surface area is 108 Å². The predicted molar refractivity (Wildman–Crippen MR) is 67.8 cm³/mol. The number of carbonyl (C=O) groups excluding carboxylic acids is 2. The van der Waals surface area contributed by atoms with Gasteiger partial charge in [0.15, 0.2) is 0 Å². The van der Waals surface area contributed by atoms with Gasteiger partial charge in [-0.15, -0.1) is 0 Å². The normalized spacial score (nSPS) is 24.2. The second-order valence-electron chi connectivity index (χ2n) is 5.79. The Balaban J connectivity index is 2.29. The van der Waals surface area contributed by atoms with Crippen molar-refractivity contribution in [2.45, 2.75) is 51.4 Å². The molecule has 0 aromatic rings. The lowest BCUT2D eigenvalue weighted by atomic mass is 9.61. The molecule has 2 rings (SSSR count).